The second-order valence-electron chi connectivity index (χ2n) is 9.72. The van der Waals surface area contributed by atoms with Crippen molar-refractivity contribution in [1.82, 2.24) is 24.8 Å². The molecule has 2 aliphatic heterocycles. The smallest absolute Gasteiger partial charge is 0.227 e. The monoisotopic (exact) mass is 507 g/mol. The van der Waals surface area contributed by atoms with Crippen molar-refractivity contribution in [3.05, 3.63) is 54.1 Å². The van der Waals surface area contributed by atoms with Crippen LogP contribution in [0.4, 0.5) is 16.2 Å². The topological polar surface area (TPSA) is 86.7 Å². The van der Waals surface area contributed by atoms with Gasteiger partial charge in [-0.2, -0.15) is 4.98 Å². The van der Waals surface area contributed by atoms with Crippen molar-refractivity contribution in [3.63, 3.8) is 0 Å². The van der Waals surface area contributed by atoms with E-state index < -0.39 is 5.82 Å². The van der Waals surface area contributed by atoms with Crippen LogP contribution in [0.1, 0.15) is 12.5 Å². The van der Waals surface area contributed by atoms with E-state index in [1.807, 2.05) is 34.2 Å². The number of pyridine rings is 1. The summed E-state index contributed by atoms with van der Waals surface area (Å²) < 4.78 is 19.8. The summed E-state index contributed by atoms with van der Waals surface area (Å²) >= 11 is 0. The van der Waals surface area contributed by atoms with Gasteiger partial charge < -0.3 is 19.9 Å². The zero-order valence-corrected chi connectivity index (χ0v) is 21.3. The van der Waals surface area contributed by atoms with Gasteiger partial charge in [-0.25, -0.2) is 9.37 Å². The summed E-state index contributed by atoms with van der Waals surface area (Å²) in [6.07, 6.45) is 3.90. The van der Waals surface area contributed by atoms with E-state index in [1.54, 1.807) is 6.92 Å². The highest BCUT2D eigenvalue weighted by Gasteiger charge is 2.25. The van der Waals surface area contributed by atoms with Gasteiger partial charge in [0.2, 0.25) is 11.9 Å². The number of aromatic nitrogens is 3. The lowest BCUT2D eigenvalue weighted by Crippen LogP contribution is -2.37. The summed E-state index contributed by atoms with van der Waals surface area (Å²) in [7, 11) is 0. The summed E-state index contributed by atoms with van der Waals surface area (Å²) in [6.45, 7) is 8.56. The Bertz CT molecular complexity index is 1220. The number of nitrogens with one attached hydrogen (secondary N) is 1. The average Bonchev–Trinajstić information content (AvgIpc) is 3.13. The van der Waals surface area contributed by atoms with Crippen molar-refractivity contribution >= 4 is 28.6 Å². The van der Waals surface area contributed by atoms with Gasteiger partial charge in [-0.1, -0.05) is 18.2 Å². The summed E-state index contributed by atoms with van der Waals surface area (Å²) in [6, 6.07) is 10.3. The number of benzene rings is 1. The van der Waals surface area contributed by atoms with Crippen molar-refractivity contribution < 1.29 is 13.9 Å². The molecule has 196 valence electrons. The highest BCUT2D eigenvalue weighted by Crippen LogP contribution is 2.22. The molecule has 2 fully saturated rings. The number of anilines is 2. The molecule has 0 radical (unpaired) electrons. The minimum Gasteiger partial charge on any atom is -0.378 e. The molecule has 1 aromatic carbocycles. The van der Waals surface area contributed by atoms with Crippen molar-refractivity contribution in [2.24, 2.45) is 5.92 Å². The fraction of sp³-hybridized carbons (Fsp3) is 0.481. The minimum atomic E-state index is -0.460. The highest BCUT2D eigenvalue weighted by molar-refractivity contribution is 5.82. The van der Waals surface area contributed by atoms with Crippen LogP contribution in [0, 0.1) is 11.7 Å². The lowest BCUT2D eigenvalue weighted by Gasteiger charge is -2.27. The molecule has 2 saturated heterocycles. The predicted octanol–water partition coefficient (Wildman–Crippen LogP) is 2.44. The lowest BCUT2D eigenvalue weighted by molar-refractivity contribution is -0.129. The molecular weight excluding hydrogens is 473 g/mol. The van der Waals surface area contributed by atoms with Crippen molar-refractivity contribution in [1.29, 1.82) is 0 Å². The number of ether oxygens (including phenoxy) is 1. The molecule has 3 aromatic rings. The molecule has 37 heavy (non-hydrogen) atoms. The van der Waals surface area contributed by atoms with E-state index in [2.05, 4.69) is 37.3 Å². The second kappa shape index (κ2) is 11.8. The first-order valence-electron chi connectivity index (χ1n) is 13.0. The maximum absolute atomic E-state index is 14.4. The number of rotatable bonds is 7. The van der Waals surface area contributed by atoms with Gasteiger partial charge in [0.15, 0.2) is 11.6 Å². The number of nitrogens with zero attached hydrogens (tertiary/aromatic N) is 6. The maximum atomic E-state index is 14.4. The zero-order chi connectivity index (χ0) is 25.6. The van der Waals surface area contributed by atoms with E-state index >= 15 is 0 Å². The SMILES string of the molecule is CC(=O)N1CCN(CCNc2nc(N3CCOCC3)ncc2F)CC(Cc2cccc3ncccc23)C1. The lowest BCUT2D eigenvalue weighted by atomic mass is 9.95. The van der Waals surface area contributed by atoms with Gasteiger partial charge in [0.25, 0.3) is 0 Å². The van der Waals surface area contributed by atoms with Crippen molar-refractivity contribution in [3.8, 4) is 0 Å². The van der Waals surface area contributed by atoms with Crippen LogP contribution in [0.3, 0.4) is 0 Å². The molecule has 4 heterocycles. The van der Waals surface area contributed by atoms with E-state index in [4.69, 9.17) is 4.74 Å². The number of fused-ring (bicyclic) bond motifs is 1. The standard InChI is InChI=1S/C27H34FN7O2/c1-20(36)35-11-10-33(18-21(19-35)16-22-4-2-6-25-23(22)5-3-7-29-25)9-8-30-26-24(28)17-31-27(32-26)34-12-14-37-15-13-34/h2-7,17,21H,8-16,18-19H2,1H3,(H,30,31,32). The first kappa shape index (κ1) is 25.3. The molecule has 9 nitrogen and oxygen atoms in total. The molecule has 2 aliphatic rings. The number of halogens is 1. The van der Waals surface area contributed by atoms with Crippen LogP contribution >= 0.6 is 0 Å². The van der Waals surface area contributed by atoms with Crippen LogP contribution in [-0.4, -0.2) is 96.2 Å². The first-order chi connectivity index (χ1) is 18.1. The molecule has 0 spiro atoms. The predicted molar refractivity (Wildman–Crippen MR) is 141 cm³/mol. The normalized spacial score (nSPS) is 19.1. The third-order valence-corrected chi connectivity index (χ3v) is 7.12. The second-order valence-corrected chi connectivity index (χ2v) is 9.72. The Labute approximate surface area is 216 Å². The molecule has 1 unspecified atom stereocenters. The van der Waals surface area contributed by atoms with Gasteiger partial charge in [-0.3, -0.25) is 14.7 Å². The number of carbonyl (C=O) groups excluding carboxylic acids is 1. The van der Waals surface area contributed by atoms with Crippen LogP contribution in [0.15, 0.2) is 42.7 Å². The first-order valence-corrected chi connectivity index (χ1v) is 13.0. The van der Waals surface area contributed by atoms with Crippen molar-refractivity contribution in [2.45, 2.75) is 13.3 Å². The molecule has 1 amide bonds. The third-order valence-electron chi connectivity index (χ3n) is 7.12. The van der Waals surface area contributed by atoms with Crippen LogP contribution in [0.5, 0.6) is 0 Å². The number of carbonyl (C=O) groups is 1. The van der Waals surface area contributed by atoms with Crippen molar-refractivity contribution in [2.75, 3.05) is 75.8 Å². The molecule has 0 saturated carbocycles. The van der Waals surface area contributed by atoms with E-state index in [0.29, 0.717) is 45.3 Å². The van der Waals surface area contributed by atoms with Gasteiger partial charge >= 0.3 is 0 Å². The molecule has 5 rings (SSSR count). The van der Waals surface area contributed by atoms with E-state index in [1.165, 1.54) is 11.8 Å². The Kier molecular flexibility index (Phi) is 8.05. The van der Waals surface area contributed by atoms with Crippen LogP contribution in [0.2, 0.25) is 0 Å². The molecular formula is C27H34FN7O2. The van der Waals surface area contributed by atoms with Gasteiger partial charge in [0.05, 0.1) is 24.9 Å². The number of hydrogen-bond acceptors (Lipinski definition) is 8. The van der Waals surface area contributed by atoms with E-state index in [0.717, 1.165) is 43.5 Å². The molecule has 0 bridgehead atoms. The van der Waals surface area contributed by atoms with Crippen LogP contribution < -0.4 is 10.2 Å². The van der Waals surface area contributed by atoms with E-state index in [-0.39, 0.29) is 17.6 Å². The molecule has 2 aromatic heterocycles. The van der Waals surface area contributed by atoms with Gasteiger partial charge in [0, 0.05) is 70.9 Å². The Morgan fingerprint density at radius 3 is 2.81 bits per heavy atom. The largest absolute Gasteiger partial charge is 0.378 e. The Morgan fingerprint density at radius 1 is 1.11 bits per heavy atom. The molecule has 10 heteroatoms. The van der Waals surface area contributed by atoms with Crippen LogP contribution in [0.25, 0.3) is 10.9 Å². The molecule has 1 N–H and O–H groups in total. The number of amides is 1. The van der Waals surface area contributed by atoms with Gasteiger partial charge in [-0.05, 0) is 30.0 Å². The molecule has 0 aliphatic carbocycles. The summed E-state index contributed by atoms with van der Waals surface area (Å²) in [4.78, 5) is 31.7. The minimum absolute atomic E-state index is 0.100. The quantitative estimate of drug-likeness (QED) is 0.522. The fourth-order valence-electron chi connectivity index (χ4n) is 5.18. The van der Waals surface area contributed by atoms with Crippen LogP contribution in [-0.2, 0) is 16.0 Å². The highest BCUT2D eigenvalue weighted by atomic mass is 19.1. The Morgan fingerprint density at radius 2 is 1.97 bits per heavy atom. The summed E-state index contributed by atoms with van der Waals surface area (Å²) in [5, 5.41) is 4.33. The number of morpholine rings is 1. The number of hydrogen-bond donors (Lipinski definition) is 1. The zero-order valence-electron chi connectivity index (χ0n) is 21.3. The van der Waals surface area contributed by atoms with Gasteiger partial charge in [-0.15, -0.1) is 0 Å². The average molecular weight is 508 g/mol. The summed E-state index contributed by atoms with van der Waals surface area (Å²) in [5.41, 5.74) is 2.24. The van der Waals surface area contributed by atoms with Gasteiger partial charge in [0.1, 0.15) is 0 Å². The molecule has 1 atom stereocenters. The maximum Gasteiger partial charge on any atom is 0.227 e. The van der Waals surface area contributed by atoms with E-state index in [9.17, 15) is 9.18 Å². The fourth-order valence-corrected chi connectivity index (χ4v) is 5.18. The Hall–Kier alpha value is -3.37. The Balaban J connectivity index is 1.24. The third kappa shape index (κ3) is 6.31. The summed E-state index contributed by atoms with van der Waals surface area (Å²) in [5.74, 6) is 0.655.